The van der Waals surface area contributed by atoms with Gasteiger partial charge < -0.3 is 0 Å². The van der Waals surface area contributed by atoms with E-state index in [4.69, 9.17) is 40.2 Å². The number of rotatable bonds is 7. The van der Waals surface area contributed by atoms with E-state index >= 15 is 0 Å². The summed E-state index contributed by atoms with van der Waals surface area (Å²) in [6, 6.07) is 8.60. The molecule has 0 radical (unpaired) electrons. The van der Waals surface area contributed by atoms with Crippen molar-refractivity contribution in [2.75, 3.05) is 0 Å². The zero-order chi connectivity index (χ0) is 29.2. The standard InChI is InChI=1S/C27H21Cl3F3N5O2/c28-20-10-17(11-21(29)23(20)30)19(27(31,32)33)7-1-14-2-8-22(18(9-14)12-34)36-13-37-26(35)38(24(39)15-3-4-15)25(40)16-5-6-16/h1-2,7-11,13,15-16,19H,3-6H2,(H2,35,36,37)/p+1. The van der Waals surface area contributed by atoms with Gasteiger partial charge in [-0.3, -0.25) is 20.3 Å². The lowest BCUT2D eigenvalue weighted by Crippen LogP contribution is -2.76. The van der Waals surface area contributed by atoms with Crippen molar-refractivity contribution in [3.63, 3.8) is 0 Å². The van der Waals surface area contributed by atoms with Gasteiger partial charge in [0.1, 0.15) is 11.6 Å². The summed E-state index contributed by atoms with van der Waals surface area (Å²) in [4.78, 5) is 29.8. The number of imide groups is 1. The molecule has 3 N–H and O–H groups in total. The highest BCUT2D eigenvalue weighted by Gasteiger charge is 2.43. The highest BCUT2D eigenvalue weighted by molar-refractivity contribution is 6.48. The second-order valence-corrected chi connectivity index (χ2v) is 10.7. The van der Waals surface area contributed by atoms with Gasteiger partial charge in [-0.15, -0.1) is 0 Å². The highest BCUT2D eigenvalue weighted by atomic mass is 35.5. The minimum absolute atomic E-state index is 0.0436. The number of guanidine groups is 1. The van der Waals surface area contributed by atoms with Gasteiger partial charge in [0.25, 0.3) is 0 Å². The number of carbonyl (C=O) groups is 2. The monoisotopic (exact) mass is 610 g/mol. The fourth-order valence-corrected chi connectivity index (χ4v) is 4.49. The SMILES string of the molecule is N#Cc1cc(C=CC(c2cc(Cl)c(Cl)c(Cl)c2)C(F)(F)F)ccc1[NH2+]C=NC(=N)N(C(=O)C1CC1)C(=O)C1CC1. The van der Waals surface area contributed by atoms with Crippen LogP contribution in [0, 0.1) is 28.6 Å². The van der Waals surface area contributed by atoms with Crippen LogP contribution >= 0.6 is 34.8 Å². The first kappa shape index (κ1) is 29.7. The third kappa shape index (κ3) is 7.09. The van der Waals surface area contributed by atoms with Gasteiger partial charge in [-0.05, 0) is 61.1 Å². The van der Waals surface area contributed by atoms with Crippen LogP contribution in [0.3, 0.4) is 0 Å². The number of nitrogens with two attached hydrogens (primary N) is 1. The predicted octanol–water partition coefficient (Wildman–Crippen LogP) is 6.21. The number of nitriles is 1. The third-order valence-corrected chi connectivity index (χ3v) is 7.55. The first-order valence-electron chi connectivity index (χ1n) is 12.2. The average Bonchev–Trinajstić information content (AvgIpc) is 3.80. The van der Waals surface area contributed by atoms with Crippen LogP contribution in [0.15, 0.2) is 41.4 Å². The molecular formula is C27H22Cl3F3N5O2+. The fourth-order valence-electron chi connectivity index (χ4n) is 3.88. The summed E-state index contributed by atoms with van der Waals surface area (Å²) in [5.74, 6) is -3.91. The largest absolute Gasteiger partial charge is 0.399 e. The van der Waals surface area contributed by atoms with Gasteiger partial charge in [0.15, 0.2) is 12.0 Å². The molecule has 7 nitrogen and oxygen atoms in total. The van der Waals surface area contributed by atoms with Crippen molar-refractivity contribution in [3.05, 3.63) is 68.2 Å². The van der Waals surface area contributed by atoms with Crippen LogP contribution < -0.4 is 5.32 Å². The van der Waals surface area contributed by atoms with Gasteiger partial charge in [0.2, 0.25) is 17.8 Å². The molecule has 2 aromatic rings. The molecule has 208 valence electrons. The van der Waals surface area contributed by atoms with Gasteiger partial charge >= 0.3 is 6.18 Å². The molecule has 40 heavy (non-hydrogen) atoms. The summed E-state index contributed by atoms with van der Waals surface area (Å²) in [5, 5.41) is 18.9. The third-order valence-electron chi connectivity index (χ3n) is 6.35. The molecule has 13 heteroatoms. The molecule has 0 bridgehead atoms. The number of aliphatic imine (C=N–C) groups is 1. The van der Waals surface area contributed by atoms with E-state index in [0.717, 1.165) is 23.1 Å². The summed E-state index contributed by atoms with van der Waals surface area (Å²) in [6.07, 6.45) is 1.41. The Morgan fingerprint density at radius 3 is 2.15 bits per heavy atom. The van der Waals surface area contributed by atoms with E-state index in [1.807, 2.05) is 6.07 Å². The lowest BCUT2D eigenvalue weighted by Gasteiger charge is -2.18. The minimum Gasteiger partial charge on any atom is -0.274 e. The minimum atomic E-state index is -4.65. The van der Waals surface area contributed by atoms with E-state index in [2.05, 4.69) is 4.99 Å². The summed E-state index contributed by atoms with van der Waals surface area (Å²) in [6.45, 7) is 0. The maximum absolute atomic E-state index is 13.8. The Hall–Kier alpha value is -3.23. The summed E-state index contributed by atoms with van der Waals surface area (Å²) in [7, 11) is 0. The quantitative estimate of drug-likeness (QED) is 0.128. The molecule has 4 rings (SSSR count). The number of hydrogen-bond acceptors (Lipinski definition) is 4. The van der Waals surface area contributed by atoms with Crippen molar-refractivity contribution in [2.24, 2.45) is 16.8 Å². The van der Waals surface area contributed by atoms with Gasteiger partial charge in [-0.1, -0.05) is 47.0 Å². The van der Waals surface area contributed by atoms with Crippen LogP contribution in [0.5, 0.6) is 0 Å². The van der Waals surface area contributed by atoms with Gasteiger partial charge in [0.05, 0.1) is 21.0 Å². The number of benzene rings is 2. The van der Waals surface area contributed by atoms with Crippen molar-refractivity contribution < 1.29 is 28.1 Å². The zero-order valence-corrected chi connectivity index (χ0v) is 23.0. The molecule has 0 heterocycles. The number of alkyl halides is 3. The Morgan fingerprint density at radius 1 is 1.07 bits per heavy atom. The Morgan fingerprint density at radius 2 is 1.65 bits per heavy atom. The molecule has 2 aromatic carbocycles. The van der Waals surface area contributed by atoms with Crippen molar-refractivity contribution in [3.8, 4) is 6.07 Å². The van der Waals surface area contributed by atoms with E-state index in [1.165, 1.54) is 35.9 Å². The topological polar surface area (TPSA) is 114 Å². The molecule has 0 aromatic heterocycles. The van der Waals surface area contributed by atoms with E-state index in [1.54, 1.807) is 0 Å². The Balaban J connectivity index is 1.49. The molecule has 0 aliphatic heterocycles. The van der Waals surface area contributed by atoms with Crippen molar-refractivity contribution >= 4 is 70.7 Å². The number of nitrogens with zero attached hydrogens (tertiary/aromatic N) is 3. The molecule has 1 unspecified atom stereocenters. The molecule has 2 amide bonds. The number of amides is 2. The lowest BCUT2D eigenvalue weighted by molar-refractivity contribution is -0.433. The van der Waals surface area contributed by atoms with Crippen molar-refractivity contribution in [2.45, 2.75) is 37.8 Å². The molecule has 1 atom stereocenters. The maximum atomic E-state index is 13.8. The number of halogens is 6. The summed E-state index contributed by atoms with van der Waals surface area (Å²) < 4.78 is 41.5. The van der Waals surface area contributed by atoms with E-state index in [9.17, 15) is 28.0 Å². The first-order chi connectivity index (χ1) is 18.9. The van der Waals surface area contributed by atoms with Crippen LogP contribution in [0.2, 0.25) is 15.1 Å². The number of hydrogen-bond donors (Lipinski definition) is 2. The first-order valence-corrected chi connectivity index (χ1v) is 13.3. The molecule has 2 saturated carbocycles. The van der Waals surface area contributed by atoms with E-state index < -0.39 is 29.9 Å². The second kappa shape index (κ2) is 12.1. The number of nitrogens with one attached hydrogen (secondary N) is 1. The molecule has 2 fully saturated rings. The number of allylic oxidation sites excluding steroid dienone is 1. The van der Waals surface area contributed by atoms with Crippen molar-refractivity contribution in [1.82, 2.24) is 4.90 Å². The zero-order valence-electron chi connectivity index (χ0n) is 20.7. The average molecular weight is 612 g/mol. The lowest BCUT2D eigenvalue weighted by atomic mass is 9.96. The molecule has 0 spiro atoms. The summed E-state index contributed by atoms with van der Waals surface area (Å²) >= 11 is 17.7. The smallest absolute Gasteiger partial charge is 0.274 e. The second-order valence-electron chi connectivity index (χ2n) is 9.46. The van der Waals surface area contributed by atoms with Crippen LogP contribution in [0.4, 0.5) is 18.9 Å². The van der Waals surface area contributed by atoms with E-state index in [0.29, 0.717) is 36.9 Å². The molecule has 2 aliphatic carbocycles. The predicted molar refractivity (Wildman–Crippen MR) is 146 cm³/mol. The van der Waals surface area contributed by atoms with Crippen LogP contribution in [-0.4, -0.2) is 35.2 Å². The van der Waals surface area contributed by atoms with Gasteiger partial charge in [-0.25, -0.2) is 4.90 Å². The summed E-state index contributed by atoms with van der Waals surface area (Å²) in [5.41, 5.74) is 0.659. The van der Waals surface area contributed by atoms with Gasteiger partial charge in [0, 0.05) is 17.9 Å². The van der Waals surface area contributed by atoms with Crippen LogP contribution in [-0.2, 0) is 9.59 Å². The molecule has 0 saturated heterocycles. The maximum Gasteiger partial charge on any atom is 0.399 e. The van der Waals surface area contributed by atoms with Crippen LogP contribution in [0.25, 0.3) is 6.08 Å². The van der Waals surface area contributed by atoms with Crippen LogP contribution in [0.1, 0.15) is 48.3 Å². The molecule has 2 aliphatic rings. The number of carbonyl (C=O) groups excluding carboxylic acids is 2. The van der Waals surface area contributed by atoms with Crippen molar-refractivity contribution in [1.29, 1.82) is 10.7 Å². The Kier molecular flexibility index (Phi) is 9.00. The van der Waals surface area contributed by atoms with E-state index in [-0.39, 0.29) is 38.0 Å². The highest BCUT2D eigenvalue weighted by Crippen LogP contribution is 2.41. The Bertz CT molecular complexity index is 1410. The fraction of sp³-hybridized carbons (Fsp3) is 0.296. The Labute approximate surface area is 242 Å². The number of quaternary nitrogens is 1. The van der Waals surface area contributed by atoms with Gasteiger partial charge in [-0.2, -0.15) is 23.4 Å². The molecular weight excluding hydrogens is 590 g/mol. The normalized spacial score (nSPS) is 16.2.